The summed E-state index contributed by atoms with van der Waals surface area (Å²) in [6.07, 6.45) is 13.4. The molecule has 9 aromatic carbocycles. The molecule has 0 spiro atoms. The molecule has 0 aromatic heterocycles. The number of hydrogen-bond donors (Lipinski definition) is 0. The number of nitrogens with zero attached hydrogens (tertiary/aromatic N) is 2. The van der Waals surface area contributed by atoms with Crippen molar-refractivity contribution >= 4 is 82.3 Å². The molecule has 0 N–H and O–H groups in total. The van der Waals surface area contributed by atoms with Crippen molar-refractivity contribution in [3.05, 3.63) is 186 Å². The lowest BCUT2D eigenvalue weighted by Crippen LogP contribution is -2.31. The third-order valence-electron chi connectivity index (χ3n) is 13.1. The number of anilines is 5. The normalized spacial score (nSPS) is 16.5. The van der Waals surface area contributed by atoms with Gasteiger partial charge in [-0.25, -0.2) is 0 Å². The highest BCUT2D eigenvalue weighted by atomic mass is 15.2. The number of hydrogen-bond acceptors (Lipinski definition) is 2. The van der Waals surface area contributed by atoms with Crippen LogP contribution in [0.25, 0.3) is 53.9 Å². The van der Waals surface area contributed by atoms with Gasteiger partial charge in [0.05, 0.1) is 17.4 Å². The van der Waals surface area contributed by atoms with E-state index in [4.69, 9.17) is 0 Å². The lowest BCUT2D eigenvalue weighted by Gasteiger charge is -2.36. The van der Waals surface area contributed by atoms with Gasteiger partial charge >= 0.3 is 0 Å². The molecule has 1 saturated carbocycles. The number of fused-ring (bicyclic) bond motifs is 4. The van der Waals surface area contributed by atoms with E-state index in [1.54, 1.807) is 11.1 Å². The summed E-state index contributed by atoms with van der Waals surface area (Å²) < 4.78 is 0. The third kappa shape index (κ3) is 4.88. The Morgan fingerprint density at radius 3 is 1.77 bits per heavy atom. The van der Waals surface area contributed by atoms with Crippen LogP contribution in [0.4, 0.5) is 28.4 Å². The molecule has 12 rings (SSSR count). The van der Waals surface area contributed by atoms with E-state index >= 15 is 0 Å². The lowest BCUT2D eigenvalue weighted by molar-refractivity contribution is 0.775. The van der Waals surface area contributed by atoms with E-state index in [0.717, 1.165) is 12.8 Å². The molecule has 0 saturated heterocycles. The Morgan fingerprint density at radius 1 is 0.411 bits per heavy atom. The molecule has 56 heavy (non-hydrogen) atoms. The van der Waals surface area contributed by atoms with Crippen LogP contribution in [0.2, 0.25) is 0 Å². The van der Waals surface area contributed by atoms with Crippen LogP contribution < -0.4 is 9.80 Å². The maximum Gasteiger partial charge on any atom is 0.0563 e. The maximum absolute atomic E-state index is 2.67. The number of rotatable bonds is 6. The summed E-state index contributed by atoms with van der Waals surface area (Å²) in [7, 11) is 0. The quantitative estimate of drug-likeness (QED) is 0.158. The molecular weight excluding hydrogens is 677 g/mol. The van der Waals surface area contributed by atoms with Crippen molar-refractivity contribution in [2.45, 2.75) is 51.0 Å². The predicted octanol–water partition coefficient (Wildman–Crippen LogP) is 14.8. The summed E-state index contributed by atoms with van der Waals surface area (Å²) in [5, 5.41) is 12.9. The van der Waals surface area contributed by atoms with Gasteiger partial charge in [-0.15, -0.1) is 0 Å². The molecule has 2 heteroatoms. The van der Waals surface area contributed by atoms with Gasteiger partial charge in [0.2, 0.25) is 0 Å². The Balaban J connectivity index is 1.12. The number of allylic oxidation sites excluding steroid dienone is 2. The van der Waals surface area contributed by atoms with Gasteiger partial charge in [-0.05, 0) is 136 Å². The lowest BCUT2D eigenvalue weighted by atomic mass is 9.90. The molecule has 3 aliphatic carbocycles. The SMILES string of the molecule is C1=C2CCCC2=CC(N(c2cccc3ccccc23)c2ccc3ccc4c(N(c5ccc6c(c5)CCC6)c5cccc6ccccc56)ccc5ccc2c3c54)C1. The van der Waals surface area contributed by atoms with Crippen molar-refractivity contribution in [3.63, 3.8) is 0 Å². The summed E-state index contributed by atoms with van der Waals surface area (Å²) >= 11 is 0. The first-order chi connectivity index (χ1) is 27.8. The molecule has 1 fully saturated rings. The van der Waals surface area contributed by atoms with E-state index in [-0.39, 0.29) is 6.04 Å². The van der Waals surface area contributed by atoms with Crippen LogP contribution in [0.15, 0.2) is 175 Å². The first-order valence-electron chi connectivity index (χ1n) is 20.5. The van der Waals surface area contributed by atoms with Crippen LogP contribution in [0.5, 0.6) is 0 Å². The molecule has 1 unspecified atom stereocenters. The molecule has 268 valence electrons. The van der Waals surface area contributed by atoms with Gasteiger partial charge in [-0.2, -0.15) is 0 Å². The largest absolute Gasteiger partial charge is 0.333 e. The highest BCUT2D eigenvalue weighted by Crippen LogP contribution is 2.49. The fourth-order valence-electron chi connectivity index (χ4n) is 10.5. The molecule has 9 aromatic rings. The van der Waals surface area contributed by atoms with Crippen LogP contribution in [-0.4, -0.2) is 6.04 Å². The zero-order valence-electron chi connectivity index (χ0n) is 31.5. The smallest absolute Gasteiger partial charge is 0.0563 e. The second-order valence-corrected chi connectivity index (χ2v) is 16.2. The summed E-state index contributed by atoms with van der Waals surface area (Å²) in [6.45, 7) is 0. The zero-order chi connectivity index (χ0) is 36.7. The van der Waals surface area contributed by atoms with E-state index in [1.165, 1.54) is 126 Å². The van der Waals surface area contributed by atoms with Gasteiger partial charge in [-0.1, -0.05) is 127 Å². The minimum atomic E-state index is 0.230. The van der Waals surface area contributed by atoms with Crippen molar-refractivity contribution in [2.75, 3.05) is 9.80 Å². The van der Waals surface area contributed by atoms with E-state index < -0.39 is 0 Å². The van der Waals surface area contributed by atoms with Gasteiger partial charge in [0.15, 0.2) is 0 Å². The second-order valence-electron chi connectivity index (χ2n) is 16.2. The predicted molar refractivity (Wildman–Crippen MR) is 239 cm³/mol. The summed E-state index contributed by atoms with van der Waals surface area (Å²) in [5.41, 5.74) is 12.3. The summed E-state index contributed by atoms with van der Waals surface area (Å²) in [5.74, 6) is 0. The minimum Gasteiger partial charge on any atom is -0.333 e. The van der Waals surface area contributed by atoms with Gasteiger partial charge in [0.1, 0.15) is 0 Å². The molecule has 1 atom stereocenters. The van der Waals surface area contributed by atoms with E-state index in [1.807, 2.05) is 0 Å². The van der Waals surface area contributed by atoms with Gasteiger partial charge in [0, 0.05) is 38.6 Å². The standard InChI is InChI=1S/C54H42N2/c1-3-17-45-37(9-1)13-7-19-49(45)55(43-27-21-35-11-5-15-41(35)33-43)51-31-25-39-24-30-48-52(32-26-40-23-29-47(51)53(39)54(40)48)56(44-28-22-36-12-6-16-42(36)34-44)50-20-8-14-38-10-2-4-18-46(38)50/h1-4,7-10,13-14,17-27,29-34,44H,5-6,11-12,15-16,28H2. The van der Waals surface area contributed by atoms with Crippen LogP contribution >= 0.6 is 0 Å². The van der Waals surface area contributed by atoms with Crippen molar-refractivity contribution in [3.8, 4) is 0 Å². The van der Waals surface area contributed by atoms with E-state index in [2.05, 4.69) is 174 Å². The van der Waals surface area contributed by atoms with Crippen LogP contribution in [0.3, 0.4) is 0 Å². The molecule has 3 aliphatic rings. The van der Waals surface area contributed by atoms with Crippen LogP contribution in [0.1, 0.15) is 43.2 Å². The van der Waals surface area contributed by atoms with Gasteiger partial charge < -0.3 is 9.80 Å². The van der Waals surface area contributed by atoms with Crippen LogP contribution in [-0.2, 0) is 12.8 Å². The third-order valence-corrected chi connectivity index (χ3v) is 13.1. The first-order valence-corrected chi connectivity index (χ1v) is 20.5. The average Bonchev–Trinajstić information content (AvgIpc) is 3.94. The Hall–Kier alpha value is -6.38. The Kier molecular flexibility index (Phi) is 7.17. The van der Waals surface area contributed by atoms with Crippen LogP contribution in [0, 0.1) is 0 Å². The van der Waals surface area contributed by atoms with Crippen molar-refractivity contribution in [1.29, 1.82) is 0 Å². The van der Waals surface area contributed by atoms with Crippen molar-refractivity contribution < 1.29 is 0 Å². The molecule has 0 heterocycles. The Labute approximate surface area is 327 Å². The second kappa shape index (κ2) is 12.6. The monoisotopic (exact) mass is 718 g/mol. The molecular formula is C54H42N2. The fraction of sp³-hybridized carbons (Fsp3) is 0.148. The minimum absolute atomic E-state index is 0.230. The topological polar surface area (TPSA) is 6.48 Å². The van der Waals surface area contributed by atoms with Crippen molar-refractivity contribution in [2.24, 2.45) is 0 Å². The maximum atomic E-state index is 2.67. The Bertz CT molecular complexity index is 3080. The van der Waals surface area contributed by atoms with E-state index in [0.29, 0.717) is 0 Å². The first kappa shape index (κ1) is 31.9. The fourth-order valence-corrected chi connectivity index (χ4v) is 10.5. The summed E-state index contributed by atoms with van der Waals surface area (Å²) in [6, 6.07) is 57.7. The van der Waals surface area contributed by atoms with Gasteiger partial charge in [0.25, 0.3) is 0 Å². The molecule has 2 nitrogen and oxygen atoms in total. The summed E-state index contributed by atoms with van der Waals surface area (Å²) in [4.78, 5) is 5.20. The highest BCUT2D eigenvalue weighted by Gasteiger charge is 2.29. The highest BCUT2D eigenvalue weighted by molar-refractivity contribution is 6.28. The molecule has 0 aliphatic heterocycles. The number of aryl methyl sites for hydroxylation is 2. The van der Waals surface area contributed by atoms with Gasteiger partial charge in [-0.3, -0.25) is 0 Å². The Morgan fingerprint density at radius 2 is 0.982 bits per heavy atom. The molecule has 0 radical (unpaired) electrons. The van der Waals surface area contributed by atoms with Crippen molar-refractivity contribution in [1.82, 2.24) is 0 Å². The zero-order valence-corrected chi connectivity index (χ0v) is 31.5. The molecule has 0 amide bonds. The average molecular weight is 719 g/mol. The molecule has 0 bridgehead atoms. The van der Waals surface area contributed by atoms with E-state index in [9.17, 15) is 0 Å². The number of benzene rings is 9.